The Labute approximate surface area is 138 Å². The summed E-state index contributed by atoms with van der Waals surface area (Å²) < 4.78 is 41.9. The van der Waals surface area contributed by atoms with Crippen molar-refractivity contribution in [1.29, 1.82) is 0 Å². The molecule has 0 saturated heterocycles. The third kappa shape index (κ3) is 3.25. The van der Waals surface area contributed by atoms with Gasteiger partial charge in [0.25, 0.3) is 5.56 Å². The molecule has 2 aromatic heterocycles. The van der Waals surface area contributed by atoms with E-state index >= 15 is 0 Å². The normalized spacial score (nSPS) is 11.7. The van der Waals surface area contributed by atoms with Crippen LogP contribution in [0.25, 0.3) is 16.8 Å². The topological polar surface area (TPSA) is 76.5 Å². The van der Waals surface area contributed by atoms with Gasteiger partial charge in [-0.15, -0.1) is 0 Å². The first-order valence-electron chi connectivity index (χ1n) is 7.18. The number of fused-ring (bicyclic) bond motifs is 1. The molecular formula is C16H12F3N3O3. The smallest absolute Gasteiger partial charge is 0.453 e. The molecule has 0 saturated carbocycles. The second kappa shape index (κ2) is 6.08. The number of aromatic nitrogens is 3. The number of hydrogen-bond acceptors (Lipinski definition) is 4. The van der Waals surface area contributed by atoms with Crippen molar-refractivity contribution in [3.8, 4) is 11.1 Å². The van der Waals surface area contributed by atoms with Crippen molar-refractivity contribution in [2.45, 2.75) is 19.7 Å². The SMILES string of the molecule is Cc1nn2c(=O)cc(COC(=O)C(F)(F)F)[nH]c2c1-c1ccccc1. The van der Waals surface area contributed by atoms with Crippen molar-refractivity contribution >= 4 is 11.6 Å². The Hall–Kier alpha value is -3.10. The van der Waals surface area contributed by atoms with E-state index in [9.17, 15) is 22.8 Å². The molecule has 1 aromatic carbocycles. The predicted octanol–water partition coefficient (Wildman–Crippen LogP) is 2.60. The van der Waals surface area contributed by atoms with Crippen molar-refractivity contribution < 1.29 is 22.7 Å². The molecular weight excluding hydrogens is 339 g/mol. The highest BCUT2D eigenvalue weighted by atomic mass is 19.4. The third-order valence-electron chi connectivity index (χ3n) is 3.50. The molecule has 0 fully saturated rings. The van der Waals surface area contributed by atoms with E-state index in [1.54, 1.807) is 6.92 Å². The lowest BCUT2D eigenvalue weighted by atomic mass is 10.1. The number of hydrogen-bond donors (Lipinski definition) is 1. The number of carbonyl (C=O) groups is 1. The van der Waals surface area contributed by atoms with Crippen molar-refractivity contribution in [3.63, 3.8) is 0 Å². The van der Waals surface area contributed by atoms with E-state index in [1.807, 2.05) is 30.3 Å². The Morgan fingerprint density at radius 3 is 2.60 bits per heavy atom. The minimum Gasteiger partial charge on any atom is -0.453 e. The average Bonchev–Trinajstić information content (AvgIpc) is 2.89. The van der Waals surface area contributed by atoms with Crippen molar-refractivity contribution in [2.75, 3.05) is 0 Å². The fraction of sp³-hybridized carbons (Fsp3) is 0.188. The molecule has 0 atom stereocenters. The molecule has 25 heavy (non-hydrogen) atoms. The minimum absolute atomic E-state index is 0.0344. The first kappa shape index (κ1) is 16.7. The quantitative estimate of drug-likeness (QED) is 0.736. The van der Waals surface area contributed by atoms with E-state index in [4.69, 9.17) is 0 Å². The number of aryl methyl sites for hydroxylation is 1. The zero-order valence-electron chi connectivity index (χ0n) is 12.9. The summed E-state index contributed by atoms with van der Waals surface area (Å²) in [6.45, 7) is 1.01. The molecule has 0 amide bonds. The first-order chi connectivity index (χ1) is 11.8. The zero-order valence-corrected chi connectivity index (χ0v) is 12.9. The van der Waals surface area contributed by atoms with Crippen LogP contribution in [0.1, 0.15) is 11.4 Å². The van der Waals surface area contributed by atoms with Gasteiger partial charge in [-0.1, -0.05) is 30.3 Å². The number of nitrogens with zero attached hydrogens (tertiary/aromatic N) is 2. The fourth-order valence-electron chi connectivity index (χ4n) is 2.45. The van der Waals surface area contributed by atoms with Crippen LogP contribution in [0.5, 0.6) is 0 Å². The number of benzene rings is 1. The highest BCUT2D eigenvalue weighted by Crippen LogP contribution is 2.26. The molecule has 1 N–H and O–H groups in total. The summed E-state index contributed by atoms with van der Waals surface area (Å²) in [6.07, 6.45) is -5.09. The summed E-state index contributed by atoms with van der Waals surface area (Å²) in [5.74, 6) is -2.32. The van der Waals surface area contributed by atoms with Gasteiger partial charge in [0.1, 0.15) is 12.3 Å². The number of aromatic amines is 1. The minimum atomic E-state index is -5.09. The number of esters is 1. The van der Waals surface area contributed by atoms with Gasteiger partial charge in [-0.2, -0.15) is 22.8 Å². The molecule has 9 heteroatoms. The largest absolute Gasteiger partial charge is 0.490 e. The number of ether oxygens (including phenoxy) is 1. The van der Waals surface area contributed by atoms with Crippen molar-refractivity contribution in [2.24, 2.45) is 0 Å². The highest BCUT2D eigenvalue weighted by Gasteiger charge is 2.40. The number of carbonyl (C=O) groups excluding carboxylic acids is 1. The van der Waals surface area contributed by atoms with Crippen LogP contribution in [0.4, 0.5) is 13.2 Å². The molecule has 0 radical (unpaired) electrons. The van der Waals surface area contributed by atoms with E-state index in [2.05, 4.69) is 14.8 Å². The molecule has 2 heterocycles. The van der Waals surface area contributed by atoms with Gasteiger partial charge in [-0.25, -0.2) is 4.79 Å². The maximum atomic E-state index is 12.2. The summed E-state index contributed by atoms with van der Waals surface area (Å²) in [5, 5.41) is 4.15. The fourth-order valence-corrected chi connectivity index (χ4v) is 2.45. The Bertz CT molecular complexity index is 991. The summed E-state index contributed by atoms with van der Waals surface area (Å²) in [4.78, 5) is 25.8. The van der Waals surface area contributed by atoms with Crippen LogP contribution >= 0.6 is 0 Å². The maximum Gasteiger partial charge on any atom is 0.490 e. The second-order valence-electron chi connectivity index (χ2n) is 5.29. The van der Waals surface area contributed by atoms with E-state index in [1.165, 1.54) is 0 Å². The van der Waals surface area contributed by atoms with Gasteiger partial charge < -0.3 is 9.72 Å². The highest BCUT2D eigenvalue weighted by molar-refractivity contribution is 5.79. The lowest BCUT2D eigenvalue weighted by molar-refractivity contribution is -0.201. The second-order valence-corrected chi connectivity index (χ2v) is 5.29. The maximum absolute atomic E-state index is 12.2. The van der Waals surface area contributed by atoms with Crippen molar-refractivity contribution in [3.05, 3.63) is 58.1 Å². The van der Waals surface area contributed by atoms with E-state index in [0.29, 0.717) is 16.9 Å². The van der Waals surface area contributed by atoms with Crippen LogP contribution in [0.2, 0.25) is 0 Å². The van der Waals surface area contributed by atoms with Gasteiger partial charge in [0.05, 0.1) is 11.4 Å². The number of rotatable bonds is 3. The molecule has 0 bridgehead atoms. The zero-order chi connectivity index (χ0) is 18.2. The van der Waals surface area contributed by atoms with Crippen molar-refractivity contribution in [1.82, 2.24) is 14.6 Å². The lowest BCUT2D eigenvalue weighted by Crippen LogP contribution is -2.25. The summed E-state index contributed by atoms with van der Waals surface area (Å²) in [5.41, 5.74) is 1.80. The number of alkyl halides is 3. The molecule has 3 rings (SSSR count). The molecule has 0 spiro atoms. The van der Waals surface area contributed by atoms with Gasteiger partial charge in [0, 0.05) is 11.6 Å². The van der Waals surface area contributed by atoms with Crippen LogP contribution in [-0.2, 0) is 16.1 Å². The van der Waals surface area contributed by atoms with Crippen LogP contribution in [0, 0.1) is 6.92 Å². The Kier molecular flexibility index (Phi) is 4.07. The predicted molar refractivity (Wildman–Crippen MR) is 81.8 cm³/mol. The molecule has 3 aromatic rings. The molecule has 130 valence electrons. The summed E-state index contributed by atoms with van der Waals surface area (Å²) in [7, 11) is 0. The van der Waals surface area contributed by atoms with Crippen LogP contribution in [0.3, 0.4) is 0 Å². The van der Waals surface area contributed by atoms with Crippen LogP contribution in [0.15, 0.2) is 41.2 Å². The van der Waals surface area contributed by atoms with Gasteiger partial charge in [-0.05, 0) is 12.5 Å². The number of H-pyrrole nitrogens is 1. The van der Waals surface area contributed by atoms with Gasteiger partial charge in [0.2, 0.25) is 0 Å². The number of halogens is 3. The Morgan fingerprint density at radius 1 is 1.28 bits per heavy atom. The van der Waals surface area contributed by atoms with Crippen LogP contribution < -0.4 is 5.56 Å². The van der Waals surface area contributed by atoms with Gasteiger partial charge in [0.15, 0.2) is 0 Å². The summed E-state index contributed by atoms with van der Waals surface area (Å²) >= 11 is 0. The van der Waals surface area contributed by atoms with E-state index in [0.717, 1.165) is 16.1 Å². The molecule has 0 aliphatic rings. The lowest BCUT2D eigenvalue weighted by Gasteiger charge is -2.08. The van der Waals surface area contributed by atoms with E-state index < -0.39 is 24.3 Å². The monoisotopic (exact) mass is 351 g/mol. The molecule has 0 aliphatic heterocycles. The summed E-state index contributed by atoms with van der Waals surface area (Å²) in [6, 6.07) is 10.1. The van der Waals surface area contributed by atoms with Gasteiger partial charge >= 0.3 is 12.1 Å². The molecule has 0 unspecified atom stereocenters. The standard InChI is InChI=1S/C16H12F3N3O3/c1-9-13(10-5-3-2-4-6-10)14-20-11(7-12(23)22(14)21-9)8-25-15(24)16(17,18)19/h2-7,20H,8H2,1H3. The first-order valence-corrected chi connectivity index (χ1v) is 7.18. The average molecular weight is 351 g/mol. The Morgan fingerprint density at radius 2 is 1.96 bits per heavy atom. The molecule has 6 nitrogen and oxygen atoms in total. The van der Waals surface area contributed by atoms with Crippen LogP contribution in [-0.4, -0.2) is 26.7 Å². The molecule has 0 aliphatic carbocycles. The third-order valence-corrected chi connectivity index (χ3v) is 3.50. The Balaban J connectivity index is 2.03. The van der Waals surface area contributed by atoms with E-state index in [-0.39, 0.29) is 5.69 Å². The van der Waals surface area contributed by atoms with Gasteiger partial charge in [-0.3, -0.25) is 4.79 Å². The number of nitrogens with one attached hydrogen (secondary N) is 1.